The van der Waals surface area contributed by atoms with Gasteiger partial charge in [0.05, 0.1) is 11.2 Å². The van der Waals surface area contributed by atoms with Crippen LogP contribution in [0.3, 0.4) is 0 Å². The molecule has 0 saturated carbocycles. The van der Waals surface area contributed by atoms with Gasteiger partial charge in [0.2, 0.25) is 0 Å². The zero-order valence-electron chi connectivity index (χ0n) is 9.07. The molecule has 0 aliphatic carbocycles. The Morgan fingerprint density at radius 1 is 1.41 bits per heavy atom. The summed E-state index contributed by atoms with van der Waals surface area (Å²) in [5, 5.41) is 4.02. The van der Waals surface area contributed by atoms with Crippen molar-refractivity contribution in [1.29, 1.82) is 0 Å². The van der Waals surface area contributed by atoms with Crippen molar-refractivity contribution < 1.29 is 4.39 Å². The first kappa shape index (κ1) is 10.3. The summed E-state index contributed by atoms with van der Waals surface area (Å²) >= 11 is 1.27. The topological polar surface area (TPSA) is 54.5 Å². The van der Waals surface area contributed by atoms with E-state index < -0.39 is 0 Å². The van der Waals surface area contributed by atoms with Crippen molar-refractivity contribution in [1.82, 2.24) is 19.6 Å². The number of aromatic amines is 1. The van der Waals surface area contributed by atoms with E-state index in [0.717, 1.165) is 17.0 Å². The first-order chi connectivity index (χ1) is 8.29. The molecule has 0 bridgehead atoms. The lowest BCUT2D eigenvalue weighted by Gasteiger charge is -1.91. The van der Waals surface area contributed by atoms with Crippen LogP contribution in [0.5, 0.6) is 0 Å². The highest BCUT2D eigenvalue weighted by molar-refractivity contribution is 7.09. The highest BCUT2D eigenvalue weighted by Crippen LogP contribution is 2.26. The molecule has 6 heteroatoms. The number of benzene rings is 1. The van der Waals surface area contributed by atoms with Gasteiger partial charge in [0.1, 0.15) is 10.4 Å². The molecule has 0 unspecified atom stereocenters. The number of aromatic nitrogens is 4. The van der Waals surface area contributed by atoms with Gasteiger partial charge >= 0.3 is 0 Å². The zero-order valence-corrected chi connectivity index (χ0v) is 9.88. The Hall–Kier alpha value is -1.82. The third kappa shape index (κ3) is 1.61. The van der Waals surface area contributed by atoms with Gasteiger partial charge in [-0.2, -0.15) is 0 Å². The largest absolute Gasteiger partial charge is 0.337 e. The fourth-order valence-corrected chi connectivity index (χ4v) is 2.42. The molecule has 86 valence electrons. The van der Waals surface area contributed by atoms with Crippen molar-refractivity contribution in [2.75, 3.05) is 0 Å². The predicted octanol–water partition coefficient (Wildman–Crippen LogP) is 2.78. The molecule has 0 saturated heterocycles. The van der Waals surface area contributed by atoms with Crippen LogP contribution < -0.4 is 0 Å². The smallest absolute Gasteiger partial charge is 0.152 e. The molecule has 0 radical (unpaired) electrons. The van der Waals surface area contributed by atoms with E-state index in [9.17, 15) is 4.39 Å². The van der Waals surface area contributed by atoms with E-state index in [-0.39, 0.29) is 5.82 Å². The van der Waals surface area contributed by atoms with Gasteiger partial charge in [-0.15, -0.1) is 5.10 Å². The number of hydrogen-bond acceptors (Lipinski definition) is 4. The van der Waals surface area contributed by atoms with Crippen LogP contribution in [0.25, 0.3) is 21.7 Å². The molecular formula is C11H9FN4S. The molecule has 2 aromatic heterocycles. The zero-order chi connectivity index (χ0) is 11.8. The molecular weight excluding hydrogens is 239 g/mol. The number of rotatable bonds is 2. The van der Waals surface area contributed by atoms with Crippen LogP contribution >= 0.6 is 11.5 Å². The summed E-state index contributed by atoms with van der Waals surface area (Å²) in [5.74, 6) is 0.317. The third-order valence-corrected chi connectivity index (χ3v) is 3.34. The molecule has 3 aromatic rings. The number of para-hydroxylation sites is 1. The van der Waals surface area contributed by atoms with E-state index in [2.05, 4.69) is 19.6 Å². The molecule has 0 fully saturated rings. The molecule has 2 heterocycles. The highest BCUT2D eigenvalue weighted by Gasteiger charge is 2.14. The summed E-state index contributed by atoms with van der Waals surface area (Å²) in [6.45, 7) is 2.00. The minimum absolute atomic E-state index is 0.319. The van der Waals surface area contributed by atoms with Crippen LogP contribution in [-0.2, 0) is 6.42 Å². The number of halogens is 1. The average molecular weight is 248 g/mol. The molecule has 3 rings (SSSR count). The van der Waals surface area contributed by atoms with Crippen LogP contribution in [0, 0.1) is 5.82 Å². The van der Waals surface area contributed by atoms with Crippen LogP contribution in [0.1, 0.15) is 12.6 Å². The van der Waals surface area contributed by atoms with Gasteiger partial charge in [0.25, 0.3) is 0 Å². The number of imidazole rings is 1. The first-order valence-electron chi connectivity index (χ1n) is 5.25. The van der Waals surface area contributed by atoms with Crippen LogP contribution in [0.15, 0.2) is 18.2 Å². The van der Waals surface area contributed by atoms with Gasteiger partial charge in [0.15, 0.2) is 11.6 Å². The molecule has 0 aliphatic rings. The summed E-state index contributed by atoms with van der Waals surface area (Å²) in [5.41, 5.74) is 1.93. The number of hydrogen-bond donors (Lipinski definition) is 1. The second kappa shape index (κ2) is 3.89. The quantitative estimate of drug-likeness (QED) is 0.758. The van der Waals surface area contributed by atoms with E-state index in [1.807, 2.05) is 6.92 Å². The van der Waals surface area contributed by atoms with Gasteiger partial charge in [-0.05, 0) is 30.1 Å². The van der Waals surface area contributed by atoms with Gasteiger partial charge in [0, 0.05) is 0 Å². The molecule has 0 atom stereocenters. The number of aryl methyl sites for hydroxylation is 1. The fourth-order valence-electron chi connectivity index (χ4n) is 1.72. The normalized spacial score (nSPS) is 11.2. The lowest BCUT2D eigenvalue weighted by atomic mass is 10.3. The van der Waals surface area contributed by atoms with E-state index in [1.54, 1.807) is 12.1 Å². The summed E-state index contributed by atoms with van der Waals surface area (Å²) < 4.78 is 17.4. The minimum atomic E-state index is -0.319. The van der Waals surface area contributed by atoms with Crippen molar-refractivity contribution in [3.8, 4) is 10.7 Å². The van der Waals surface area contributed by atoms with E-state index >= 15 is 0 Å². The minimum Gasteiger partial charge on any atom is -0.337 e. The van der Waals surface area contributed by atoms with Crippen LogP contribution in [0.4, 0.5) is 4.39 Å². The molecule has 0 amide bonds. The number of fused-ring (bicyclic) bond motifs is 1. The monoisotopic (exact) mass is 248 g/mol. The van der Waals surface area contributed by atoms with Crippen LogP contribution in [0.2, 0.25) is 0 Å². The summed E-state index contributed by atoms with van der Waals surface area (Å²) in [6.07, 6.45) is 0.783. The Morgan fingerprint density at radius 2 is 2.29 bits per heavy atom. The van der Waals surface area contributed by atoms with E-state index in [0.29, 0.717) is 16.9 Å². The number of nitrogens with zero attached hydrogens (tertiary/aromatic N) is 3. The standard InChI is InChI=1S/C11H9FN4S/c1-2-7-10(17-16-15-7)11-13-8-5-3-4-6(12)9(8)14-11/h3-5H,2H2,1H3,(H,13,14). The Labute approximate surface area is 101 Å². The van der Waals surface area contributed by atoms with Gasteiger partial charge < -0.3 is 4.98 Å². The van der Waals surface area contributed by atoms with Crippen molar-refractivity contribution in [3.05, 3.63) is 29.7 Å². The van der Waals surface area contributed by atoms with Crippen molar-refractivity contribution in [2.45, 2.75) is 13.3 Å². The summed E-state index contributed by atoms with van der Waals surface area (Å²) in [7, 11) is 0. The summed E-state index contributed by atoms with van der Waals surface area (Å²) in [6, 6.07) is 4.86. The molecule has 1 N–H and O–H groups in total. The lowest BCUT2D eigenvalue weighted by Crippen LogP contribution is -1.85. The SMILES string of the molecule is CCc1nnsc1-c1nc2c(F)cccc2[nH]1. The molecule has 17 heavy (non-hydrogen) atoms. The Kier molecular flexibility index (Phi) is 2.36. The van der Waals surface area contributed by atoms with Crippen molar-refractivity contribution >= 4 is 22.6 Å². The predicted molar refractivity (Wildman–Crippen MR) is 64.3 cm³/mol. The number of nitrogens with one attached hydrogen (secondary N) is 1. The number of H-pyrrole nitrogens is 1. The highest BCUT2D eigenvalue weighted by atomic mass is 32.1. The third-order valence-electron chi connectivity index (χ3n) is 2.57. The fraction of sp³-hybridized carbons (Fsp3) is 0.182. The van der Waals surface area contributed by atoms with Crippen molar-refractivity contribution in [3.63, 3.8) is 0 Å². The average Bonchev–Trinajstić information content (AvgIpc) is 2.94. The Balaban J connectivity index is 2.22. The Morgan fingerprint density at radius 3 is 3.06 bits per heavy atom. The van der Waals surface area contributed by atoms with Crippen molar-refractivity contribution in [2.24, 2.45) is 0 Å². The first-order valence-corrected chi connectivity index (χ1v) is 6.02. The van der Waals surface area contributed by atoms with Gasteiger partial charge in [-0.3, -0.25) is 0 Å². The van der Waals surface area contributed by atoms with E-state index in [1.165, 1.54) is 17.6 Å². The van der Waals surface area contributed by atoms with Crippen LogP contribution in [-0.4, -0.2) is 19.6 Å². The molecule has 4 nitrogen and oxygen atoms in total. The molecule has 0 spiro atoms. The summed E-state index contributed by atoms with van der Waals surface area (Å²) in [4.78, 5) is 8.23. The van der Waals surface area contributed by atoms with Gasteiger partial charge in [-0.25, -0.2) is 9.37 Å². The second-order valence-electron chi connectivity index (χ2n) is 3.62. The maximum atomic E-state index is 13.5. The van der Waals surface area contributed by atoms with E-state index in [4.69, 9.17) is 0 Å². The molecule has 0 aliphatic heterocycles. The second-order valence-corrected chi connectivity index (χ2v) is 4.38. The van der Waals surface area contributed by atoms with Gasteiger partial charge in [-0.1, -0.05) is 17.5 Å². The maximum absolute atomic E-state index is 13.5. The lowest BCUT2D eigenvalue weighted by molar-refractivity contribution is 0.637. The Bertz CT molecular complexity index is 673. The molecule has 1 aromatic carbocycles. The maximum Gasteiger partial charge on any atom is 0.152 e.